The number of primary amides is 1. The maximum Gasteiger partial charge on any atom is 1.00 e. The number of unbranched alkanes of at least 4 members (excludes halogenated alkanes) is 13. The van der Waals surface area contributed by atoms with E-state index in [1.807, 2.05) is 19.2 Å². The second-order valence-corrected chi connectivity index (χ2v) is 9.25. The number of carbonyl (C=O) groups is 2. The molecule has 0 aromatic rings. The zero-order valence-corrected chi connectivity index (χ0v) is 26.7. The molecule has 0 bridgehead atoms. The van der Waals surface area contributed by atoms with Gasteiger partial charge in [-0.3, -0.25) is 10.1 Å². The first-order valence-corrected chi connectivity index (χ1v) is 12.5. The van der Waals surface area contributed by atoms with Gasteiger partial charge < -0.3 is 8.59 Å². The first kappa shape index (κ1) is 38.7. The third-order valence-corrected chi connectivity index (χ3v) is 6.70. The minimum absolute atomic E-state index is 0. The molecule has 0 radical (unpaired) electrons. The van der Waals surface area contributed by atoms with E-state index in [9.17, 15) is 9.59 Å². The Morgan fingerprint density at radius 3 is 1.17 bits per heavy atom. The number of nitrogens with one attached hydrogen (secondary N) is 1. The average Bonchev–Trinajstić information content (AvgIpc) is 2.68. The summed E-state index contributed by atoms with van der Waals surface area (Å²) >= 11 is 3.26. The van der Waals surface area contributed by atoms with E-state index in [1.54, 1.807) is 0 Å². The molecule has 0 aliphatic carbocycles. The molecule has 0 saturated carbocycles. The van der Waals surface area contributed by atoms with E-state index in [-0.39, 0.29) is 67.9 Å². The van der Waals surface area contributed by atoms with Crippen LogP contribution in [0.3, 0.4) is 0 Å². The second kappa shape index (κ2) is 28.5. The molecule has 0 aliphatic rings. The van der Waals surface area contributed by atoms with E-state index in [4.69, 9.17) is 5.73 Å². The van der Waals surface area contributed by atoms with Crippen LogP contribution in [0.5, 0.6) is 0 Å². The number of halogens is 1. The molecular formula is C23H49BrN2Na2O2. The second-order valence-electron chi connectivity index (χ2n) is 7.73. The van der Waals surface area contributed by atoms with Crippen LogP contribution >= 0.6 is 15.9 Å². The van der Waals surface area contributed by atoms with E-state index in [0.717, 1.165) is 0 Å². The Hall–Kier alpha value is 1.42. The van der Waals surface area contributed by atoms with Gasteiger partial charge in [0.05, 0.1) is 0 Å². The summed E-state index contributed by atoms with van der Waals surface area (Å²) in [6, 6.07) is -0.814. The molecule has 0 heterocycles. The van der Waals surface area contributed by atoms with Crippen molar-refractivity contribution in [3.05, 3.63) is 0 Å². The SMILES string of the molecule is CCC(Br)(CC)C(=O)NC(N)=O.CCCCCCCCCCCCCCCC.[H-].[H-].[Na+].[Na+]. The summed E-state index contributed by atoms with van der Waals surface area (Å²) in [4.78, 5) is 21.6. The van der Waals surface area contributed by atoms with Crippen molar-refractivity contribution >= 4 is 27.9 Å². The molecule has 0 fully saturated rings. The van der Waals surface area contributed by atoms with Gasteiger partial charge in [0.25, 0.3) is 0 Å². The smallest absolute Gasteiger partial charge is 1.00 e. The van der Waals surface area contributed by atoms with Gasteiger partial charge in [-0.2, -0.15) is 0 Å². The molecule has 0 spiro atoms. The molecule has 3 N–H and O–H groups in total. The normalized spacial score (nSPS) is 10.2. The number of hydrogen-bond donors (Lipinski definition) is 2. The molecule has 30 heavy (non-hydrogen) atoms. The van der Waals surface area contributed by atoms with Crippen LogP contribution in [0.25, 0.3) is 0 Å². The number of alkyl halides is 1. The van der Waals surface area contributed by atoms with Gasteiger partial charge >= 0.3 is 65.1 Å². The van der Waals surface area contributed by atoms with E-state index >= 15 is 0 Å². The van der Waals surface area contributed by atoms with Crippen LogP contribution in [-0.2, 0) is 4.79 Å². The molecule has 0 aliphatic heterocycles. The van der Waals surface area contributed by atoms with Gasteiger partial charge in [0.2, 0.25) is 5.91 Å². The molecule has 7 heteroatoms. The number of carbonyl (C=O) groups excluding carboxylic acids is 2. The van der Waals surface area contributed by atoms with Crippen LogP contribution in [0.4, 0.5) is 4.79 Å². The van der Waals surface area contributed by atoms with Crippen LogP contribution in [0.15, 0.2) is 0 Å². The molecule has 0 rings (SSSR count). The third-order valence-electron chi connectivity index (χ3n) is 5.22. The summed E-state index contributed by atoms with van der Waals surface area (Å²) in [6.45, 7) is 8.30. The van der Waals surface area contributed by atoms with Crippen LogP contribution in [-0.4, -0.2) is 16.3 Å². The summed E-state index contributed by atoms with van der Waals surface area (Å²) in [5, 5.41) is 2.04. The predicted octanol–water partition coefficient (Wildman–Crippen LogP) is 1.86. The first-order valence-electron chi connectivity index (χ1n) is 11.7. The Morgan fingerprint density at radius 2 is 0.967 bits per heavy atom. The Balaban J connectivity index is -0.0000000967. The number of amides is 3. The number of hydrogen-bond acceptors (Lipinski definition) is 2. The fourth-order valence-electron chi connectivity index (χ4n) is 3.06. The van der Waals surface area contributed by atoms with Crippen LogP contribution in [0.2, 0.25) is 0 Å². The van der Waals surface area contributed by atoms with Crippen molar-refractivity contribution in [3.8, 4) is 0 Å². The van der Waals surface area contributed by atoms with Crippen LogP contribution in [0.1, 0.15) is 133 Å². The summed E-state index contributed by atoms with van der Waals surface area (Å²) in [5.74, 6) is -0.375. The number of rotatable bonds is 16. The van der Waals surface area contributed by atoms with Crippen molar-refractivity contribution in [2.24, 2.45) is 5.73 Å². The predicted molar refractivity (Wildman–Crippen MR) is 128 cm³/mol. The fourth-order valence-corrected chi connectivity index (χ4v) is 3.16. The van der Waals surface area contributed by atoms with Crippen molar-refractivity contribution in [1.29, 1.82) is 0 Å². The molecule has 0 saturated heterocycles. The fraction of sp³-hybridized carbons (Fsp3) is 0.913. The van der Waals surface area contributed by atoms with Gasteiger partial charge in [-0.1, -0.05) is 134 Å². The van der Waals surface area contributed by atoms with Gasteiger partial charge in [0.1, 0.15) is 4.32 Å². The summed E-state index contributed by atoms with van der Waals surface area (Å²) in [6.07, 6.45) is 21.6. The molecule has 3 amide bonds. The first-order chi connectivity index (χ1) is 13.4. The Morgan fingerprint density at radius 1 is 0.700 bits per heavy atom. The maximum atomic E-state index is 11.3. The molecular weight excluding hydrogens is 462 g/mol. The number of urea groups is 1. The Kier molecular flexibility index (Phi) is 36.7. The molecule has 172 valence electrons. The maximum absolute atomic E-state index is 11.3. The topological polar surface area (TPSA) is 72.2 Å². The largest absolute Gasteiger partial charge is 1.00 e. The van der Waals surface area contributed by atoms with Crippen LogP contribution in [0, 0.1) is 0 Å². The minimum Gasteiger partial charge on any atom is -1.00 e. The third kappa shape index (κ3) is 25.7. The van der Waals surface area contributed by atoms with Crippen LogP contribution < -0.4 is 70.2 Å². The van der Waals surface area contributed by atoms with E-state index < -0.39 is 10.4 Å². The zero-order valence-electron chi connectivity index (χ0n) is 23.1. The quantitative estimate of drug-likeness (QED) is 0.189. The average molecular weight is 512 g/mol. The Labute approximate surface area is 243 Å². The van der Waals surface area contributed by atoms with E-state index in [0.29, 0.717) is 12.8 Å². The monoisotopic (exact) mass is 510 g/mol. The van der Waals surface area contributed by atoms with Gasteiger partial charge in [-0.15, -0.1) is 0 Å². The Bertz CT molecular complexity index is 379. The van der Waals surface area contributed by atoms with Crippen molar-refractivity contribution in [2.45, 2.75) is 135 Å². The number of nitrogens with two attached hydrogens (primary N) is 1. The van der Waals surface area contributed by atoms with Gasteiger partial charge in [-0.25, -0.2) is 4.79 Å². The van der Waals surface area contributed by atoms with Crippen molar-refractivity contribution < 1.29 is 71.6 Å². The van der Waals surface area contributed by atoms with Crippen molar-refractivity contribution in [2.75, 3.05) is 0 Å². The zero-order chi connectivity index (χ0) is 21.7. The van der Waals surface area contributed by atoms with E-state index in [1.165, 1.54) is 89.9 Å². The molecule has 0 aromatic carbocycles. The van der Waals surface area contributed by atoms with Gasteiger partial charge in [0.15, 0.2) is 0 Å². The molecule has 4 nitrogen and oxygen atoms in total. The minimum atomic E-state index is -0.814. The van der Waals surface area contributed by atoms with Crippen molar-refractivity contribution in [1.82, 2.24) is 5.32 Å². The van der Waals surface area contributed by atoms with Gasteiger partial charge in [-0.05, 0) is 12.8 Å². The number of imide groups is 1. The summed E-state index contributed by atoms with van der Waals surface area (Å²) < 4.78 is -0.665. The van der Waals surface area contributed by atoms with Gasteiger partial charge in [0, 0.05) is 0 Å². The molecule has 0 unspecified atom stereocenters. The van der Waals surface area contributed by atoms with E-state index in [2.05, 4.69) is 29.8 Å². The standard InChI is InChI=1S/C16H34.C7H13BrN2O2.2Na.2H/c1-3-5-7-9-11-13-15-16-14-12-10-8-6-4-2;1-3-7(8,4-2)5(11)10-6(9)12;;;;/h3-16H2,1-2H3;3-4H2,1-2H3,(H3,9,10,11,12);;;;/q;;2*+1;2*-1. The molecule has 0 aromatic heterocycles. The summed E-state index contributed by atoms with van der Waals surface area (Å²) in [5.41, 5.74) is 4.81. The van der Waals surface area contributed by atoms with Crippen molar-refractivity contribution in [3.63, 3.8) is 0 Å². The molecule has 0 atom stereocenters. The summed E-state index contributed by atoms with van der Waals surface area (Å²) in [7, 11) is 0.